The molecule has 24 heavy (non-hydrogen) atoms. The molecule has 1 unspecified atom stereocenters. The number of hydroxylamine groups is 2. The molecule has 0 saturated carbocycles. The number of amides is 1. The third-order valence-electron chi connectivity index (χ3n) is 3.75. The summed E-state index contributed by atoms with van der Waals surface area (Å²) >= 11 is 0. The number of hydrogen-bond acceptors (Lipinski definition) is 8. The Hall–Kier alpha value is -2.14. The number of sulfone groups is 1. The molecule has 0 spiro atoms. The number of benzene rings is 1. The number of nitrogens with zero attached hydrogens (tertiary/aromatic N) is 3. The maximum absolute atomic E-state index is 12.6. The average Bonchev–Trinajstić information content (AvgIpc) is 2.79. The largest absolute Gasteiger partial charge is 0.307 e. The van der Waals surface area contributed by atoms with E-state index in [1.54, 1.807) is 0 Å². The van der Waals surface area contributed by atoms with Gasteiger partial charge in [0.2, 0.25) is 5.54 Å². The average molecular weight is 354 g/mol. The van der Waals surface area contributed by atoms with E-state index in [1.165, 1.54) is 38.2 Å². The second-order valence-electron chi connectivity index (χ2n) is 5.36. The topological polar surface area (TPSA) is 123 Å². The van der Waals surface area contributed by atoms with Gasteiger partial charge in [-0.3, -0.25) is 14.8 Å². The van der Waals surface area contributed by atoms with Crippen LogP contribution in [0.3, 0.4) is 0 Å². The highest BCUT2D eigenvalue weighted by atomic mass is 32.2. The smallest absolute Gasteiger partial charge is 0.280 e. The first-order valence-corrected chi connectivity index (χ1v) is 8.72. The molecule has 0 fully saturated rings. The minimum absolute atomic E-state index is 0.0619. The van der Waals surface area contributed by atoms with Gasteiger partial charge < -0.3 is 5.41 Å². The van der Waals surface area contributed by atoms with E-state index in [-0.39, 0.29) is 21.5 Å². The first kappa shape index (κ1) is 18.2. The highest BCUT2D eigenvalue weighted by molar-refractivity contribution is 7.90. The first-order chi connectivity index (χ1) is 11.1. The lowest BCUT2D eigenvalue weighted by Crippen LogP contribution is -2.62. The maximum atomic E-state index is 12.6. The van der Waals surface area contributed by atoms with Gasteiger partial charge in [0, 0.05) is 24.6 Å². The molecule has 2 rings (SSSR count). The van der Waals surface area contributed by atoms with Gasteiger partial charge in [-0.05, 0) is 24.3 Å². The van der Waals surface area contributed by atoms with Crippen LogP contribution >= 0.6 is 0 Å². The van der Waals surface area contributed by atoms with Gasteiger partial charge in [-0.15, -0.1) is 0 Å². The molecule has 130 valence electrons. The summed E-state index contributed by atoms with van der Waals surface area (Å²) in [5.41, 5.74) is -1.70. The summed E-state index contributed by atoms with van der Waals surface area (Å²) in [6.07, 6.45) is 1.08. The van der Waals surface area contributed by atoms with Crippen molar-refractivity contribution < 1.29 is 23.3 Å². The monoisotopic (exact) mass is 354 g/mol. The van der Waals surface area contributed by atoms with E-state index in [0.29, 0.717) is 5.56 Å². The molecule has 0 saturated heterocycles. The van der Waals surface area contributed by atoms with Gasteiger partial charge in [0.25, 0.3) is 5.91 Å². The zero-order valence-electron chi connectivity index (χ0n) is 13.6. The second kappa shape index (κ2) is 6.06. The Morgan fingerprint density at radius 3 is 2.33 bits per heavy atom. The Balaban J connectivity index is 2.64. The number of nitrogens with one attached hydrogen (secondary N) is 1. The molecule has 1 aromatic rings. The summed E-state index contributed by atoms with van der Waals surface area (Å²) in [5, 5.41) is 23.5. The molecular weight excluding hydrogens is 336 g/mol. The van der Waals surface area contributed by atoms with Crippen LogP contribution < -0.4 is 0 Å². The molecule has 10 heteroatoms. The van der Waals surface area contributed by atoms with Crippen molar-refractivity contribution in [2.75, 3.05) is 20.4 Å². The van der Waals surface area contributed by atoms with Crippen molar-refractivity contribution in [1.82, 2.24) is 10.2 Å². The van der Waals surface area contributed by atoms with Crippen molar-refractivity contribution in [3.05, 3.63) is 29.8 Å². The third-order valence-corrected chi connectivity index (χ3v) is 4.88. The van der Waals surface area contributed by atoms with E-state index in [2.05, 4.69) is 5.10 Å². The van der Waals surface area contributed by atoms with Gasteiger partial charge in [0.15, 0.2) is 9.84 Å². The molecule has 1 aliphatic rings. The fourth-order valence-electron chi connectivity index (χ4n) is 2.52. The van der Waals surface area contributed by atoms with E-state index < -0.39 is 21.3 Å². The Labute approximate surface area is 139 Å². The van der Waals surface area contributed by atoms with E-state index in [9.17, 15) is 18.4 Å². The van der Waals surface area contributed by atoms with Crippen LogP contribution in [0.4, 0.5) is 0 Å². The SMILES string of the molecule is CON(O)C1(C(C)=N)C(=O)N(C)N=C1c1ccc(S(C)(=O)=O)cc1. The molecule has 2 N–H and O–H groups in total. The Morgan fingerprint density at radius 1 is 1.38 bits per heavy atom. The summed E-state index contributed by atoms with van der Waals surface area (Å²) in [7, 11) is -0.831. The molecule has 1 amide bonds. The molecule has 0 aliphatic carbocycles. The fraction of sp³-hybridized carbons (Fsp3) is 0.357. The van der Waals surface area contributed by atoms with Crippen molar-refractivity contribution >= 4 is 27.2 Å². The van der Waals surface area contributed by atoms with Crippen LogP contribution in [0, 0.1) is 5.41 Å². The maximum Gasteiger partial charge on any atom is 0.280 e. The molecular formula is C14H18N4O5S. The second-order valence-corrected chi connectivity index (χ2v) is 7.38. The minimum Gasteiger partial charge on any atom is -0.307 e. The number of carbonyl (C=O) groups excluding carboxylic acids is 1. The molecule has 0 aromatic heterocycles. The number of carbonyl (C=O) groups is 1. The van der Waals surface area contributed by atoms with Crippen molar-refractivity contribution in [3.63, 3.8) is 0 Å². The standard InChI is InChI=1S/C14H18N4O5S/c1-9(15)14(18(20)23-3)12(16-17(2)13(14)19)10-5-7-11(8-6-10)24(4,21)22/h5-8,15,20H,1-4H3. The van der Waals surface area contributed by atoms with Gasteiger partial charge in [-0.25, -0.2) is 13.4 Å². The number of rotatable bonds is 5. The molecule has 1 aliphatic heterocycles. The molecule has 9 nitrogen and oxygen atoms in total. The van der Waals surface area contributed by atoms with Gasteiger partial charge in [0.05, 0.1) is 12.0 Å². The van der Waals surface area contributed by atoms with Crippen LogP contribution in [0.1, 0.15) is 12.5 Å². The predicted molar refractivity (Wildman–Crippen MR) is 85.6 cm³/mol. The van der Waals surface area contributed by atoms with Crippen LogP contribution in [-0.2, 0) is 19.5 Å². The van der Waals surface area contributed by atoms with Crippen LogP contribution in [0.25, 0.3) is 0 Å². The van der Waals surface area contributed by atoms with Crippen molar-refractivity contribution in [2.45, 2.75) is 17.4 Å². The summed E-state index contributed by atoms with van der Waals surface area (Å²) in [6, 6.07) is 5.66. The molecule has 1 atom stereocenters. The quantitative estimate of drug-likeness (QED) is 0.579. The summed E-state index contributed by atoms with van der Waals surface area (Å²) < 4.78 is 23.1. The summed E-state index contributed by atoms with van der Waals surface area (Å²) in [6.45, 7) is 1.35. The lowest BCUT2D eigenvalue weighted by atomic mass is 9.85. The zero-order chi connectivity index (χ0) is 18.3. The van der Waals surface area contributed by atoms with Crippen molar-refractivity contribution in [2.24, 2.45) is 5.10 Å². The first-order valence-electron chi connectivity index (χ1n) is 6.83. The van der Waals surface area contributed by atoms with Gasteiger partial charge in [0.1, 0.15) is 5.71 Å². The van der Waals surface area contributed by atoms with Crippen LogP contribution in [0.15, 0.2) is 34.3 Å². The van der Waals surface area contributed by atoms with Gasteiger partial charge in [-0.2, -0.15) is 5.10 Å². The van der Waals surface area contributed by atoms with E-state index >= 15 is 0 Å². The van der Waals surface area contributed by atoms with E-state index in [4.69, 9.17) is 10.2 Å². The van der Waals surface area contributed by atoms with Gasteiger partial charge in [-0.1, -0.05) is 12.1 Å². The number of likely N-dealkylation sites (N-methyl/N-ethyl adjacent to an activating group) is 1. The lowest BCUT2D eigenvalue weighted by molar-refractivity contribution is -0.343. The van der Waals surface area contributed by atoms with Gasteiger partial charge >= 0.3 is 0 Å². The normalized spacial score (nSPS) is 21.3. The van der Waals surface area contributed by atoms with E-state index in [0.717, 1.165) is 18.4 Å². The molecule has 1 heterocycles. The van der Waals surface area contributed by atoms with Crippen LogP contribution in [0.2, 0.25) is 0 Å². The Kier molecular flexibility index (Phi) is 4.59. The predicted octanol–water partition coefficient (Wildman–Crippen LogP) is 0.297. The third kappa shape index (κ3) is 2.63. The Bertz CT molecular complexity index is 818. The highest BCUT2D eigenvalue weighted by Gasteiger charge is 2.58. The summed E-state index contributed by atoms with van der Waals surface area (Å²) in [5.74, 6) is -0.665. The van der Waals surface area contributed by atoms with Crippen LogP contribution in [-0.4, -0.2) is 67.1 Å². The molecule has 0 bridgehead atoms. The molecule has 1 aromatic carbocycles. The zero-order valence-corrected chi connectivity index (χ0v) is 14.5. The van der Waals surface area contributed by atoms with E-state index in [1.807, 2.05) is 0 Å². The Morgan fingerprint density at radius 2 is 1.92 bits per heavy atom. The summed E-state index contributed by atoms with van der Waals surface area (Å²) in [4.78, 5) is 17.4. The fourth-order valence-corrected chi connectivity index (χ4v) is 3.15. The number of hydrogen-bond donors (Lipinski definition) is 2. The molecule has 0 radical (unpaired) electrons. The number of hydrazone groups is 1. The van der Waals surface area contributed by atoms with Crippen molar-refractivity contribution in [1.29, 1.82) is 5.41 Å². The minimum atomic E-state index is -3.37. The van der Waals surface area contributed by atoms with Crippen LogP contribution in [0.5, 0.6) is 0 Å². The van der Waals surface area contributed by atoms with Crippen molar-refractivity contribution in [3.8, 4) is 0 Å². The highest BCUT2D eigenvalue weighted by Crippen LogP contribution is 2.31. The lowest BCUT2D eigenvalue weighted by Gasteiger charge is -2.32.